The van der Waals surface area contributed by atoms with Gasteiger partial charge in [-0.1, -0.05) is 26.0 Å². The molecule has 0 saturated heterocycles. The van der Waals surface area contributed by atoms with E-state index in [1.165, 1.54) is 5.56 Å². The van der Waals surface area contributed by atoms with Crippen molar-refractivity contribution in [1.82, 2.24) is 0 Å². The number of phenols is 1. The van der Waals surface area contributed by atoms with Crippen LogP contribution in [0.2, 0.25) is 0 Å². The van der Waals surface area contributed by atoms with Gasteiger partial charge in [0.05, 0.1) is 6.61 Å². The Morgan fingerprint density at radius 1 is 1.35 bits per heavy atom. The minimum absolute atomic E-state index is 0.167. The fourth-order valence-corrected chi connectivity index (χ4v) is 3.37. The zero-order valence-corrected chi connectivity index (χ0v) is 14.8. The van der Waals surface area contributed by atoms with Crippen molar-refractivity contribution < 1.29 is 14.6 Å². The average molecular weight is 316 g/mol. The van der Waals surface area contributed by atoms with Crippen LogP contribution in [0.25, 0.3) is 0 Å². The summed E-state index contributed by atoms with van der Waals surface area (Å²) in [5.41, 5.74) is 4.00. The van der Waals surface area contributed by atoms with E-state index in [2.05, 4.69) is 19.9 Å². The van der Waals surface area contributed by atoms with Crippen LogP contribution >= 0.6 is 0 Å². The third-order valence-corrected chi connectivity index (χ3v) is 5.04. The molecule has 126 valence electrons. The molecule has 2 rings (SSSR count). The van der Waals surface area contributed by atoms with Gasteiger partial charge in [-0.2, -0.15) is 0 Å². The number of rotatable bonds is 4. The maximum absolute atomic E-state index is 11.9. The predicted octanol–water partition coefficient (Wildman–Crippen LogP) is 4.83. The normalized spacial score (nSPS) is 21.2. The molecule has 0 radical (unpaired) electrons. The monoisotopic (exact) mass is 316 g/mol. The zero-order chi connectivity index (χ0) is 17.1. The molecule has 0 fully saturated rings. The number of hydrogen-bond acceptors (Lipinski definition) is 3. The van der Waals surface area contributed by atoms with E-state index < -0.39 is 0 Å². The van der Waals surface area contributed by atoms with E-state index in [4.69, 9.17) is 4.74 Å². The molecule has 3 heteroatoms. The second-order valence-corrected chi connectivity index (χ2v) is 6.96. The Balaban J connectivity index is 2.26. The molecule has 1 aliphatic carbocycles. The van der Waals surface area contributed by atoms with Crippen LogP contribution in [-0.4, -0.2) is 17.7 Å². The molecule has 2 unspecified atom stereocenters. The first-order chi connectivity index (χ1) is 10.8. The summed E-state index contributed by atoms with van der Waals surface area (Å²) < 4.78 is 5.47. The van der Waals surface area contributed by atoms with Gasteiger partial charge in [-0.15, -0.1) is 0 Å². The van der Waals surface area contributed by atoms with Gasteiger partial charge in [-0.25, -0.2) is 4.79 Å². The van der Waals surface area contributed by atoms with Gasteiger partial charge in [0.1, 0.15) is 5.75 Å². The molecule has 1 N–H and O–H groups in total. The fraction of sp³-hybridized carbons (Fsp3) is 0.550. The van der Waals surface area contributed by atoms with Crippen molar-refractivity contribution in [2.45, 2.75) is 59.3 Å². The zero-order valence-electron chi connectivity index (χ0n) is 14.8. The molecule has 1 aliphatic rings. The molecule has 23 heavy (non-hydrogen) atoms. The maximum Gasteiger partial charge on any atom is 0.333 e. The van der Waals surface area contributed by atoms with E-state index in [1.54, 1.807) is 13.0 Å². The first kappa shape index (κ1) is 17.6. The van der Waals surface area contributed by atoms with Gasteiger partial charge in [0.2, 0.25) is 0 Å². The van der Waals surface area contributed by atoms with Crippen molar-refractivity contribution >= 4 is 5.97 Å². The number of benzene rings is 1. The van der Waals surface area contributed by atoms with E-state index in [0.29, 0.717) is 29.8 Å². The number of hydrogen-bond donors (Lipinski definition) is 1. The summed E-state index contributed by atoms with van der Waals surface area (Å²) in [6.45, 7) is 10.4. The van der Waals surface area contributed by atoms with Crippen LogP contribution in [-0.2, 0) is 9.53 Å². The van der Waals surface area contributed by atoms with Crippen LogP contribution in [0.1, 0.15) is 69.1 Å². The van der Waals surface area contributed by atoms with Crippen LogP contribution in [0.4, 0.5) is 0 Å². The van der Waals surface area contributed by atoms with Gasteiger partial charge in [0.15, 0.2) is 0 Å². The van der Waals surface area contributed by atoms with E-state index >= 15 is 0 Å². The highest BCUT2D eigenvalue weighted by Crippen LogP contribution is 2.44. The molecule has 0 heterocycles. The van der Waals surface area contributed by atoms with Crippen LogP contribution in [0.15, 0.2) is 23.8 Å². The predicted molar refractivity (Wildman–Crippen MR) is 92.8 cm³/mol. The molecule has 0 aromatic heterocycles. The Labute approximate surface area is 139 Å². The molecule has 2 atom stereocenters. The molecule has 0 aliphatic heterocycles. The lowest BCUT2D eigenvalue weighted by Crippen LogP contribution is -2.22. The second kappa shape index (κ2) is 7.20. The van der Waals surface area contributed by atoms with E-state index in [9.17, 15) is 9.90 Å². The lowest BCUT2D eigenvalue weighted by Gasteiger charge is -2.34. The van der Waals surface area contributed by atoms with Crippen molar-refractivity contribution in [3.8, 4) is 5.75 Å². The molecular formula is C20H28O3. The molecular weight excluding hydrogens is 288 g/mol. The second-order valence-electron chi connectivity index (χ2n) is 6.96. The topological polar surface area (TPSA) is 46.5 Å². The molecule has 1 aromatic carbocycles. The third kappa shape index (κ3) is 3.77. The minimum atomic E-state index is -0.253. The number of phenolic OH excluding ortho intramolecular Hbond substituents is 1. The summed E-state index contributed by atoms with van der Waals surface area (Å²) in [6.07, 6.45) is 3.85. The number of aromatic hydroxyl groups is 1. The van der Waals surface area contributed by atoms with Gasteiger partial charge in [-0.05, 0) is 68.2 Å². The number of esters is 1. The lowest BCUT2D eigenvalue weighted by molar-refractivity contribution is -0.139. The molecule has 3 nitrogen and oxygen atoms in total. The maximum atomic E-state index is 11.9. The van der Waals surface area contributed by atoms with Crippen molar-refractivity contribution in [3.63, 3.8) is 0 Å². The van der Waals surface area contributed by atoms with E-state index in [-0.39, 0.29) is 11.9 Å². The first-order valence-electron chi connectivity index (χ1n) is 8.48. The molecule has 1 aromatic rings. The highest BCUT2D eigenvalue weighted by Gasteiger charge is 2.30. The summed E-state index contributed by atoms with van der Waals surface area (Å²) in [7, 11) is 0. The molecule has 0 bridgehead atoms. The number of carbonyl (C=O) groups excluding carboxylic acids is 1. The highest BCUT2D eigenvalue weighted by atomic mass is 16.5. The molecule has 0 saturated carbocycles. The highest BCUT2D eigenvalue weighted by molar-refractivity contribution is 5.87. The van der Waals surface area contributed by atoms with Crippen LogP contribution in [0.5, 0.6) is 5.75 Å². The Kier molecular flexibility index (Phi) is 5.51. The number of aryl methyl sites for hydroxylation is 1. The van der Waals surface area contributed by atoms with Gasteiger partial charge in [-0.3, -0.25) is 0 Å². The van der Waals surface area contributed by atoms with Gasteiger partial charge < -0.3 is 9.84 Å². The van der Waals surface area contributed by atoms with E-state index in [1.807, 2.05) is 19.9 Å². The number of allylic oxidation sites excluding steroid dienone is 1. The smallest absolute Gasteiger partial charge is 0.333 e. The van der Waals surface area contributed by atoms with Gasteiger partial charge in [0.25, 0.3) is 0 Å². The number of ether oxygens (including phenoxy) is 1. The fourth-order valence-electron chi connectivity index (χ4n) is 3.37. The first-order valence-corrected chi connectivity index (χ1v) is 8.48. The largest absolute Gasteiger partial charge is 0.508 e. The van der Waals surface area contributed by atoms with Gasteiger partial charge >= 0.3 is 5.97 Å². The van der Waals surface area contributed by atoms with Gasteiger partial charge in [0, 0.05) is 11.5 Å². The van der Waals surface area contributed by atoms with Crippen LogP contribution in [0.3, 0.4) is 0 Å². The Hall–Kier alpha value is -1.77. The summed E-state index contributed by atoms with van der Waals surface area (Å²) >= 11 is 0. The average Bonchev–Trinajstić information content (AvgIpc) is 2.52. The van der Waals surface area contributed by atoms with Crippen molar-refractivity contribution in [2.75, 3.05) is 6.61 Å². The summed E-state index contributed by atoms with van der Waals surface area (Å²) in [5.74, 6) is 1.31. The number of fused-ring (bicyclic) bond motifs is 1. The quantitative estimate of drug-likeness (QED) is 0.639. The van der Waals surface area contributed by atoms with Crippen LogP contribution < -0.4 is 0 Å². The third-order valence-electron chi connectivity index (χ3n) is 5.04. The summed E-state index contributed by atoms with van der Waals surface area (Å²) in [6, 6.07) is 3.99. The van der Waals surface area contributed by atoms with Crippen molar-refractivity contribution in [2.24, 2.45) is 5.92 Å². The Bertz CT molecular complexity index is 614. The van der Waals surface area contributed by atoms with Crippen molar-refractivity contribution in [1.29, 1.82) is 0 Å². The van der Waals surface area contributed by atoms with Crippen molar-refractivity contribution in [3.05, 3.63) is 40.5 Å². The SMILES string of the molecule is CC=C(C)C(=O)OCC1CCC(C(C)C)c2cc(C)c(O)cc21. The Morgan fingerprint density at radius 3 is 2.65 bits per heavy atom. The lowest BCUT2D eigenvalue weighted by atomic mass is 9.72. The van der Waals surface area contributed by atoms with Crippen LogP contribution in [0, 0.1) is 12.8 Å². The summed E-state index contributed by atoms with van der Waals surface area (Å²) in [4.78, 5) is 11.9. The standard InChI is InChI=1S/C20H28O3/c1-6-13(4)20(22)23-11-15-7-8-16(12(2)3)18-9-14(5)19(21)10-17(15)18/h6,9-10,12,15-16,21H,7-8,11H2,1-5H3. The number of carbonyl (C=O) groups is 1. The summed E-state index contributed by atoms with van der Waals surface area (Å²) in [5, 5.41) is 10.1. The molecule has 0 amide bonds. The molecule has 0 spiro atoms. The Morgan fingerprint density at radius 2 is 2.04 bits per heavy atom. The van der Waals surface area contributed by atoms with E-state index in [0.717, 1.165) is 24.0 Å². The minimum Gasteiger partial charge on any atom is -0.508 e.